The molecule has 1 aromatic rings. The Labute approximate surface area is 129 Å². The molecular formula is C18H31NO2. The lowest BCUT2D eigenvalue weighted by atomic mass is 9.98. The van der Waals surface area contributed by atoms with Crippen LogP contribution in [0.4, 0.5) is 0 Å². The van der Waals surface area contributed by atoms with Crippen molar-refractivity contribution in [3.63, 3.8) is 0 Å². The summed E-state index contributed by atoms with van der Waals surface area (Å²) in [6, 6.07) is 6.71. The lowest BCUT2D eigenvalue weighted by molar-refractivity contribution is 0.136. The number of nitrogens with one attached hydrogen (secondary N) is 1. The summed E-state index contributed by atoms with van der Waals surface area (Å²) in [5, 5.41) is 13.0. The smallest absolute Gasteiger partial charge is 0.123 e. The van der Waals surface area contributed by atoms with Gasteiger partial charge in [-0.1, -0.05) is 39.8 Å². The van der Waals surface area contributed by atoms with Crippen molar-refractivity contribution in [2.24, 2.45) is 0 Å². The second-order valence-corrected chi connectivity index (χ2v) is 6.81. The quantitative estimate of drug-likeness (QED) is 0.769. The highest BCUT2D eigenvalue weighted by Crippen LogP contribution is 2.28. The van der Waals surface area contributed by atoms with Gasteiger partial charge in [0, 0.05) is 18.0 Å². The highest BCUT2D eigenvalue weighted by Gasteiger charge is 2.24. The summed E-state index contributed by atoms with van der Waals surface area (Å²) in [7, 11) is 0. The Balaban J connectivity index is 2.69. The van der Waals surface area contributed by atoms with Gasteiger partial charge < -0.3 is 15.2 Å². The number of benzene rings is 1. The molecule has 3 heteroatoms. The SMILES string of the molecule is Cc1ccc(C(C)C)c(OCCC(C)(CO)NC(C)C)c1. The molecule has 0 radical (unpaired) electrons. The van der Waals surface area contributed by atoms with Gasteiger partial charge in [-0.25, -0.2) is 0 Å². The van der Waals surface area contributed by atoms with Gasteiger partial charge in [-0.05, 0) is 37.0 Å². The summed E-state index contributed by atoms with van der Waals surface area (Å²) in [5.74, 6) is 1.41. The van der Waals surface area contributed by atoms with E-state index in [1.165, 1.54) is 11.1 Å². The first kappa shape index (κ1) is 18.0. The Kier molecular flexibility index (Phi) is 6.69. The standard InChI is InChI=1S/C18H31NO2/c1-13(2)16-8-7-15(5)11-17(16)21-10-9-18(6,12-20)19-14(3)4/h7-8,11,13-14,19-20H,9-10,12H2,1-6H3. The zero-order valence-corrected chi connectivity index (χ0v) is 14.4. The first-order valence-electron chi connectivity index (χ1n) is 7.89. The van der Waals surface area contributed by atoms with Gasteiger partial charge in [0.05, 0.1) is 13.2 Å². The Hall–Kier alpha value is -1.06. The molecule has 0 saturated carbocycles. The normalized spacial score (nSPS) is 14.5. The topological polar surface area (TPSA) is 41.5 Å². The van der Waals surface area contributed by atoms with Crippen molar-refractivity contribution in [1.29, 1.82) is 0 Å². The molecule has 120 valence electrons. The maximum absolute atomic E-state index is 9.60. The van der Waals surface area contributed by atoms with Crippen molar-refractivity contribution in [3.8, 4) is 5.75 Å². The van der Waals surface area contributed by atoms with E-state index in [0.29, 0.717) is 18.6 Å². The Bertz CT molecular complexity index is 443. The Morgan fingerprint density at radius 3 is 2.43 bits per heavy atom. The van der Waals surface area contributed by atoms with Crippen LogP contribution >= 0.6 is 0 Å². The van der Waals surface area contributed by atoms with Crippen molar-refractivity contribution in [2.75, 3.05) is 13.2 Å². The number of rotatable bonds is 8. The number of aliphatic hydroxyl groups excluding tert-OH is 1. The van der Waals surface area contributed by atoms with E-state index in [4.69, 9.17) is 4.74 Å². The minimum absolute atomic E-state index is 0.111. The fourth-order valence-electron chi connectivity index (χ4n) is 2.52. The van der Waals surface area contributed by atoms with Gasteiger partial charge in [-0.3, -0.25) is 0 Å². The molecule has 1 rings (SSSR count). The third-order valence-electron chi connectivity index (χ3n) is 3.69. The molecule has 0 heterocycles. The van der Waals surface area contributed by atoms with Crippen LogP contribution in [0, 0.1) is 6.92 Å². The van der Waals surface area contributed by atoms with Crippen LogP contribution in [0.5, 0.6) is 5.75 Å². The summed E-state index contributed by atoms with van der Waals surface area (Å²) in [6.45, 7) is 13.4. The van der Waals surface area contributed by atoms with E-state index in [2.05, 4.69) is 58.1 Å². The lowest BCUT2D eigenvalue weighted by Crippen LogP contribution is -2.50. The van der Waals surface area contributed by atoms with Crippen LogP contribution in [0.3, 0.4) is 0 Å². The number of ether oxygens (including phenoxy) is 1. The van der Waals surface area contributed by atoms with Gasteiger partial charge in [0.25, 0.3) is 0 Å². The van der Waals surface area contributed by atoms with Gasteiger partial charge in [-0.2, -0.15) is 0 Å². The molecule has 0 amide bonds. The second-order valence-electron chi connectivity index (χ2n) is 6.81. The van der Waals surface area contributed by atoms with Crippen LogP contribution in [0.2, 0.25) is 0 Å². The molecule has 0 aromatic heterocycles. The molecule has 1 atom stereocenters. The van der Waals surface area contributed by atoms with Crippen LogP contribution in [-0.4, -0.2) is 29.9 Å². The van der Waals surface area contributed by atoms with Crippen LogP contribution in [0.25, 0.3) is 0 Å². The predicted molar refractivity (Wildman–Crippen MR) is 89.1 cm³/mol. The van der Waals surface area contributed by atoms with Gasteiger partial charge in [0.2, 0.25) is 0 Å². The number of aryl methyl sites for hydroxylation is 1. The molecule has 0 bridgehead atoms. The first-order valence-corrected chi connectivity index (χ1v) is 7.89. The van der Waals surface area contributed by atoms with E-state index in [1.54, 1.807) is 0 Å². The summed E-state index contributed by atoms with van der Waals surface area (Å²) in [5.41, 5.74) is 2.15. The maximum atomic E-state index is 9.60. The Morgan fingerprint density at radius 1 is 1.24 bits per heavy atom. The predicted octanol–water partition coefficient (Wildman–Crippen LogP) is 3.64. The molecule has 0 spiro atoms. The minimum atomic E-state index is -0.296. The van der Waals surface area contributed by atoms with Crippen molar-refractivity contribution in [2.45, 2.75) is 65.5 Å². The molecule has 0 saturated heterocycles. The number of hydrogen-bond acceptors (Lipinski definition) is 3. The molecule has 0 aliphatic heterocycles. The lowest BCUT2D eigenvalue weighted by Gasteiger charge is -2.31. The van der Waals surface area contributed by atoms with Gasteiger partial charge in [0.1, 0.15) is 5.75 Å². The molecule has 0 aliphatic rings. The maximum Gasteiger partial charge on any atom is 0.123 e. The zero-order chi connectivity index (χ0) is 16.0. The molecule has 0 aliphatic carbocycles. The van der Waals surface area contributed by atoms with Crippen molar-refractivity contribution >= 4 is 0 Å². The fraction of sp³-hybridized carbons (Fsp3) is 0.667. The summed E-state index contributed by atoms with van der Waals surface area (Å²) < 4.78 is 6.01. The highest BCUT2D eigenvalue weighted by atomic mass is 16.5. The average Bonchev–Trinajstić information content (AvgIpc) is 2.37. The molecule has 3 nitrogen and oxygen atoms in total. The van der Waals surface area contributed by atoms with Gasteiger partial charge in [-0.15, -0.1) is 0 Å². The van der Waals surface area contributed by atoms with E-state index in [1.807, 2.05) is 6.92 Å². The molecular weight excluding hydrogens is 262 g/mol. The second kappa shape index (κ2) is 7.81. The molecule has 2 N–H and O–H groups in total. The largest absolute Gasteiger partial charge is 0.493 e. The van der Waals surface area contributed by atoms with Crippen molar-refractivity contribution < 1.29 is 9.84 Å². The van der Waals surface area contributed by atoms with Crippen LogP contribution < -0.4 is 10.1 Å². The summed E-state index contributed by atoms with van der Waals surface area (Å²) >= 11 is 0. The highest BCUT2D eigenvalue weighted by molar-refractivity contribution is 5.39. The van der Waals surface area contributed by atoms with E-state index in [9.17, 15) is 5.11 Å². The van der Waals surface area contributed by atoms with E-state index < -0.39 is 0 Å². The molecule has 1 aromatic carbocycles. The third-order valence-corrected chi connectivity index (χ3v) is 3.69. The average molecular weight is 293 g/mol. The number of hydrogen-bond donors (Lipinski definition) is 2. The first-order chi connectivity index (χ1) is 9.77. The van der Waals surface area contributed by atoms with Gasteiger partial charge in [0.15, 0.2) is 0 Å². The molecule has 21 heavy (non-hydrogen) atoms. The monoisotopic (exact) mass is 293 g/mol. The van der Waals surface area contributed by atoms with Crippen LogP contribution in [0.15, 0.2) is 18.2 Å². The minimum Gasteiger partial charge on any atom is -0.493 e. The van der Waals surface area contributed by atoms with E-state index >= 15 is 0 Å². The van der Waals surface area contributed by atoms with Crippen molar-refractivity contribution in [3.05, 3.63) is 29.3 Å². The third kappa shape index (κ3) is 5.68. The van der Waals surface area contributed by atoms with E-state index in [0.717, 1.165) is 12.2 Å². The van der Waals surface area contributed by atoms with Crippen LogP contribution in [0.1, 0.15) is 58.1 Å². The van der Waals surface area contributed by atoms with Crippen LogP contribution in [-0.2, 0) is 0 Å². The Morgan fingerprint density at radius 2 is 1.90 bits per heavy atom. The zero-order valence-electron chi connectivity index (χ0n) is 14.4. The van der Waals surface area contributed by atoms with Crippen molar-refractivity contribution in [1.82, 2.24) is 5.32 Å². The van der Waals surface area contributed by atoms with Gasteiger partial charge >= 0.3 is 0 Å². The van der Waals surface area contributed by atoms with E-state index in [-0.39, 0.29) is 12.1 Å². The molecule has 1 unspecified atom stereocenters. The molecule has 0 fully saturated rings. The fourth-order valence-corrected chi connectivity index (χ4v) is 2.52. The number of aliphatic hydroxyl groups is 1. The summed E-state index contributed by atoms with van der Waals surface area (Å²) in [6.07, 6.45) is 0.771. The summed E-state index contributed by atoms with van der Waals surface area (Å²) in [4.78, 5) is 0.